The number of benzene rings is 2. The SMILES string of the molecule is Cc1noc(-c2cccc(F)c2)c1C(=O)NC1CCc2ccccc21. The van der Waals surface area contributed by atoms with E-state index in [1.54, 1.807) is 19.1 Å². The summed E-state index contributed by atoms with van der Waals surface area (Å²) in [6.45, 7) is 1.71. The van der Waals surface area contributed by atoms with Crippen molar-refractivity contribution in [1.82, 2.24) is 10.5 Å². The maximum absolute atomic E-state index is 13.5. The van der Waals surface area contributed by atoms with Crippen LogP contribution < -0.4 is 5.32 Å². The van der Waals surface area contributed by atoms with Crippen LogP contribution in [0.2, 0.25) is 0 Å². The van der Waals surface area contributed by atoms with E-state index >= 15 is 0 Å². The monoisotopic (exact) mass is 336 g/mol. The molecule has 4 nitrogen and oxygen atoms in total. The van der Waals surface area contributed by atoms with Gasteiger partial charge in [0.05, 0.1) is 11.7 Å². The molecule has 5 heteroatoms. The molecule has 1 aromatic heterocycles. The summed E-state index contributed by atoms with van der Waals surface area (Å²) in [6.07, 6.45) is 1.81. The quantitative estimate of drug-likeness (QED) is 0.779. The zero-order valence-corrected chi connectivity index (χ0v) is 13.8. The van der Waals surface area contributed by atoms with Gasteiger partial charge in [0.15, 0.2) is 5.76 Å². The third kappa shape index (κ3) is 2.82. The van der Waals surface area contributed by atoms with Gasteiger partial charge in [-0.3, -0.25) is 4.79 Å². The molecule has 1 unspecified atom stereocenters. The van der Waals surface area contributed by atoms with Crippen LogP contribution in [0.4, 0.5) is 4.39 Å². The van der Waals surface area contributed by atoms with Crippen LogP contribution in [-0.2, 0) is 6.42 Å². The molecule has 1 amide bonds. The number of carbonyl (C=O) groups is 1. The molecule has 0 spiro atoms. The van der Waals surface area contributed by atoms with Gasteiger partial charge in [0.25, 0.3) is 5.91 Å². The van der Waals surface area contributed by atoms with Gasteiger partial charge < -0.3 is 9.84 Å². The fourth-order valence-electron chi connectivity index (χ4n) is 3.40. The molecule has 1 heterocycles. The zero-order valence-electron chi connectivity index (χ0n) is 13.8. The Kier molecular flexibility index (Phi) is 3.84. The molecule has 1 aliphatic carbocycles. The van der Waals surface area contributed by atoms with Crippen LogP contribution in [-0.4, -0.2) is 11.1 Å². The van der Waals surface area contributed by atoms with Gasteiger partial charge >= 0.3 is 0 Å². The van der Waals surface area contributed by atoms with Crippen molar-refractivity contribution in [2.24, 2.45) is 0 Å². The van der Waals surface area contributed by atoms with E-state index in [0.717, 1.165) is 18.4 Å². The Morgan fingerprint density at radius 2 is 2.08 bits per heavy atom. The van der Waals surface area contributed by atoms with Crippen molar-refractivity contribution in [3.8, 4) is 11.3 Å². The molecule has 0 aliphatic heterocycles. The standard InChI is InChI=1S/C20H17FN2O2/c1-12-18(19(25-23-12)14-6-4-7-15(21)11-14)20(24)22-17-10-9-13-5-2-3-8-16(13)17/h2-8,11,17H,9-10H2,1H3,(H,22,24). The van der Waals surface area contributed by atoms with Crippen LogP contribution in [0.3, 0.4) is 0 Å². The first kappa shape index (κ1) is 15.6. The summed E-state index contributed by atoms with van der Waals surface area (Å²) >= 11 is 0. The Hall–Kier alpha value is -2.95. The number of hydrogen-bond acceptors (Lipinski definition) is 3. The summed E-state index contributed by atoms with van der Waals surface area (Å²) in [6, 6.07) is 14.1. The number of aromatic nitrogens is 1. The van der Waals surface area contributed by atoms with E-state index in [9.17, 15) is 9.18 Å². The van der Waals surface area contributed by atoms with Gasteiger partial charge in [-0.15, -0.1) is 0 Å². The maximum atomic E-state index is 13.5. The molecule has 1 aliphatic rings. The van der Waals surface area contributed by atoms with E-state index in [2.05, 4.69) is 16.5 Å². The third-order valence-electron chi connectivity index (χ3n) is 4.61. The van der Waals surface area contributed by atoms with E-state index in [1.807, 2.05) is 18.2 Å². The minimum atomic E-state index is -0.386. The Morgan fingerprint density at radius 1 is 1.24 bits per heavy atom. The lowest BCUT2D eigenvalue weighted by molar-refractivity contribution is 0.0936. The smallest absolute Gasteiger partial charge is 0.257 e. The van der Waals surface area contributed by atoms with Gasteiger partial charge in [0.1, 0.15) is 11.4 Å². The Balaban J connectivity index is 1.65. The first-order chi connectivity index (χ1) is 12.1. The summed E-state index contributed by atoms with van der Waals surface area (Å²) in [5, 5.41) is 6.97. The van der Waals surface area contributed by atoms with Crippen LogP contribution in [0.1, 0.15) is 39.6 Å². The number of carbonyl (C=O) groups excluding carboxylic acids is 1. The molecule has 4 rings (SSSR count). The largest absolute Gasteiger partial charge is 0.355 e. The molecule has 0 saturated carbocycles. The Labute approximate surface area is 144 Å². The summed E-state index contributed by atoms with van der Waals surface area (Å²) in [5.74, 6) is -0.344. The van der Waals surface area contributed by atoms with Gasteiger partial charge in [-0.2, -0.15) is 0 Å². The highest BCUT2D eigenvalue weighted by Crippen LogP contribution is 2.32. The number of amides is 1. The van der Waals surface area contributed by atoms with Gasteiger partial charge in [-0.1, -0.05) is 41.6 Å². The van der Waals surface area contributed by atoms with E-state index in [-0.39, 0.29) is 17.8 Å². The van der Waals surface area contributed by atoms with Crippen molar-refractivity contribution in [1.29, 1.82) is 0 Å². The topological polar surface area (TPSA) is 55.1 Å². The lowest BCUT2D eigenvalue weighted by Crippen LogP contribution is -2.27. The molecular weight excluding hydrogens is 319 g/mol. The van der Waals surface area contributed by atoms with Crippen molar-refractivity contribution in [2.45, 2.75) is 25.8 Å². The molecule has 2 aromatic carbocycles. The fraction of sp³-hybridized carbons (Fsp3) is 0.200. The van der Waals surface area contributed by atoms with Crippen molar-refractivity contribution >= 4 is 5.91 Å². The van der Waals surface area contributed by atoms with Gasteiger partial charge in [0, 0.05) is 5.56 Å². The number of nitrogens with zero attached hydrogens (tertiary/aromatic N) is 1. The predicted octanol–water partition coefficient (Wildman–Crippen LogP) is 4.21. The predicted molar refractivity (Wildman–Crippen MR) is 91.6 cm³/mol. The van der Waals surface area contributed by atoms with Gasteiger partial charge in [0.2, 0.25) is 0 Å². The number of hydrogen-bond donors (Lipinski definition) is 1. The van der Waals surface area contributed by atoms with Gasteiger partial charge in [-0.25, -0.2) is 4.39 Å². The minimum absolute atomic E-state index is 0.0293. The number of fused-ring (bicyclic) bond motifs is 1. The van der Waals surface area contributed by atoms with Crippen LogP contribution in [0.15, 0.2) is 53.1 Å². The Bertz CT molecular complexity index is 948. The second kappa shape index (κ2) is 6.16. The van der Waals surface area contributed by atoms with Crippen LogP contribution >= 0.6 is 0 Å². The molecule has 25 heavy (non-hydrogen) atoms. The van der Waals surface area contributed by atoms with Crippen molar-refractivity contribution in [3.05, 3.63) is 76.7 Å². The first-order valence-corrected chi connectivity index (χ1v) is 8.24. The highest BCUT2D eigenvalue weighted by Gasteiger charge is 2.28. The average molecular weight is 336 g/mol. The molecule has 1 N–H and O–H groups in total. The molecule has 1 atom stereocenters. The third-order valence-corrected chi connectivity index (χ3v) is 4.61. The molecule has 0 saturated heterocycles. The first-order valence-electron chi connectivity index (χ1n) is 8.24. The van der Waals surface area contributed by atoms with Gasteiger partial charge in [-0.05, 0) is 43.0 Å². The molecule has 3 aromatic rings. The summed E-state index contributed by atoms with van der Waals surface area (Å²) in [5.41, 5.74) is 3.76. The van der Waals surface area contributed by atoms with Crippen molar-refractivity contribution < 1.29 is 13.7 Å². The fourth-order valence-corrected chi connectivity index (χ4v) is 3.40. The van der Waals surface area contributed by atoms with Crippen molar-refractivity contribution in [2.75, 3.05) is 0 Å². The highest BCUT2D eigenvalue weighted by atomic mass is 19.1. The maximum Gasteiger partial charge on any atom is 0.257 e. The van der Waals surface area contributed by atoms with E-state index in [1.165, 1.54) is 17.7 Å². The lowest BCUT2D eigenvalue weighted by Gasteiger charge is -2.14. The minimum Gasteiger partial charge on any atom is -0.355 e. The molecule has 126 valence electrons. The zero-order chi connectivity index (χ0) is 17.4. The van der Waals surface area contributed by atoms with Crippen LogP contribution in [0.5, 0.6) is 0 Å². The second-order valence-electron chi connectivity index (χ2n) is 6.25. The lowest BCUT2D eigenvalue weighted by atomic mass is 10.0. The summed E-state index contributed by atoms with van der Waals surface area (Å²) in [7, 11) is 0. The van der Waals surface area contributed by atoms with Crippen molar-refractivity contribution in [3.63, 3.8) is 0 Å². The molecule has 0 bridgehead atoms. The average Bonchev–Trinajstić information content (AvgIpc) is 3.19. The number of nitrogens with one attached hydrogen (secondary N) is 1. The summed E-state index contributed by atoms with van der Waals surface area (Å²) in [4.78, 5) is 12.9. The number of halogens is 1. The highest BCUT2D eigenvalue weighted by molar-refractivity contribution is 6.00. The molecule has 0 radical (unpaired) electrons. The van der Waals surface area contributed by atoms with Crippen LogP contribution in [0.25, 0.3) is 11.3 Å². The molecular formula is C20H17FN2O2. The Morgan fingerprint density at radius 3 is 2.92 bits per heavy atom. The second-order valence-corrected chi connectivity index (χ2v) is 6.25. The van der Waals surface area contributed by atoms with E-state index < -0.39 is 0 Å². The number of rotatable bonds is 3. The van der Waals surface area contributed by atoms with Crippen LogP contribution in [0, 0.1) is 12.7 Å². The summed E-state index contributed by atoms with van der Waals surface area (Å²) < 4.78 is 18.8. The van der Waals surface area contributed by atoms with E-state index in [0.29, 0.717) is 22.6 Å². The normalized spacial score (nSPS) is 15.8. The number of aryl methyl sites for hydroxylation is 2. The molecule has 0 fully saturated rings. The van der Waals surface area contributed by atoms with E-state index in [4.69, 9.17) is 4.52 Å².